The van der Waals surface area contributed by atoms with Crippen LogP contribution < -0.4 is 5.32 Å². The number of nitrogens with zero attached hydrogens (tertiary/aromatic N) is 2. The highest BCUT2D eigenvalue weighted by atomic mass is 15.0. The molecule has 19 heavy (non-hydrogen) atoms. The zero-order valence-electron chi connectivity index (χ0n) is 12.3. The molecule has 0 atom stereocenters. The zero-order valence-corrected chi connectivity index (χ0v) is 12.3. The molecule has 0 saturated heterocycles. The van der Waals surface area contributed by atoms with Crippen LogP contribution >= 0.6 is 0 Å². The molecule has 0 fully saturated rings. The van der Waals surface area contributed by atoms with Crippen molar-refractivity contribution in [1.29, 1.82) is 0 Å². The van der Waals surface area contributed by atoms with E-state index in [-0.39, 0.29) is 0 Å². The summed E-state index contributed by atoms with van der Waals surface area (Å²) in [5.74, 6) is 0. The summed E-state index contributed by atoms with van der Waals surface area (Å²) >= 11 is 0. The molecule has 3 nitrogen and oxygen atoms in total. The maximum Gasteiger partial charge on any atom is 0.0300 e. The van der Waals surface area contributed by atoms with E-state index in [1.54, 1.807) is 0 Å². The van der Waals surface area contributed by atoms with Gasteiger partial charge in [-0.3, -0.25) is 4.98 Å². The fourth-order valence-corrected chi connectivity index (χ4v) is 2.57. The fourth-order valence-electron chi connectivity index (χ4n) is 2.57. The van der Waals surface area contributed by atoms with Crippen LogP contribution in [0.25, 0.3) is 0 Å². The van der Waals surface area contributed by atoms with E-state index in [0.717, 1.165) is 19.6 Å². The van der Waals surface area contributed by atoms with Gasteiger partial charge in [0.15, 0.2) is 0 Å². The summed E-state index contributed by atoms with van der Waals surface area (Å²) in [5.41, 5.74) is 6.68. The first-order valence-corrected chi connectivity index (χ1v) is 6.89. The zero-order chi connectivity index (χ0) is 13.8. The Hall–Kier alpha value is -1.61. The Morgan fingerprint density at radius 1 is 1.16 bits per heavy atom. The van der Waals surface area contributed by atoms with E-state index in [1.807, 2.05) is 12.4 Å². The number of hydrogen-bond acceptors (Lipinski definition) is 2. The van der Waals surface area contributed by atoms with Crippen LogP contribution in [-0.2, 0) is 19.6 Å². The molecule has 2 rings (SSSR count). The minimum absolute atomic E-state index is 0.893. The molecule has 2 aromatic heterocycles. The van der Waals surface area contributed by atoms with Crippen molar-refractivity contribution in [3.8, 4) is 0 Å². The van der Waals surface area contributed by atoms with Crippen molar-refractivity contribution >= 4 is 0 Å². The Morgan fingerprint density at radius 2 is 1.89 bits per heavy atom. The second kappa shape index (κ2) is 6.02. The molecule has 0 unspecified atom stereocenters. The Bertz CT molecular complexity index is 555. The first-order chi connectivity index (χ1) is 9.13. The quantitative estimate of drug-likeness (QED) is 0.892. The van der Waals surface area contributed by atoms with Crippen molar-refractivity contribution in [3.05, 3.63) is 52.6 Å². The maximum absolute atomic E-state index is 4.12. The standard InChI is InChI=1S/C16H23N3/c1-5-19-13(3)8-16(14(19)4)11-18-10-15-6-7-17-9-12(15)2/h6-9,18H,5,10-11H2,1-4H3. The highest BCUT2D eigenvalue weighted by molar-refractivity contribution is 5.27. The van der Waals surface area contributed by atoms with Gasteiger partial charge in [-0.25, -0.2) is 0 Å². The van der Waals surface area contributed by atoms with E-state index in [1.165, 1.54) is 28.1 Å². The molecule has 1 N–H and O–H groups in total. The van der Waals surface area contributed by atoms with Crippen molar-refractivity contribution < 1.29 is 0 Å². The van der Waals surface area contributed by atoms with Gasteiger partial charge in [0.2, 0.25) is 0 Å². The van der Waals surface area contributed by atoms with Gasteiger partial charge in [0.05, 0.1) is 0 Å². The minimum atomic E-state index is 0.893. The van der Waals surface area contributed by atoms with Crippen molar-refractivity contribution in [2.75, 3.05) is 0 Å². The lowest BCUT2D eigenvalue weighted by Crippen LogP contribution is -2.14. The minimum Gasteiger partial charge on any atom is -0.349 e. The highest BCUT2D eigenvalue weighted by Gasteiger charge is 2.07. The van der Waals surface area contributed by atoms with Crippen LogP contribution in [0.15, 0.2) is 24.5 Å². The summed E-state index contributed by atoms with van der Waals surface area (Å²) < 4.78 is 2.36. The first kappa shape index (κ1) is 13.8. The van der Waals surface area contributed by atoms with Gasteiger partial charge in [0.25, 0.3) is 0 Å². The number of pyridine rings is 1. The lowest BCUT2D eigenvalue weighted by atomic mass is 10.1. The van der Waals surface area contributed by atoms with Crippen molar-refractivity contribution in [2.45, 2.75) is 47.3 Å². The van der Waals surface area contributed by atoms with Gasteiger partial charge >= 0.3 is 0 Å². The summed E-state index contributed by atoms with van der Waals surface area (Å²) in [4.78, 5) is 4.12. The molecule has 0 radical (unpaired) electrons. The molecule has 0 aliphatic carbocycles. The van der Waals surface area contributed by atoms with Gasteiger partial charge in [0, 0.05) is 43.4 Å². The molecule has 0 amide bonds. The van der Waals surface area contributed by atoms with Crippen LogP contribution in [0.3, 0.4) is 0 Å². The van der Waals surface area contributed by atoms with Crippen LogP contribution in [0, 0.1) is 20.8 Å². The number of rotatable bonds is 5. The van der Waals surface area contributed by atoms with Crippen LogP contribution in [0.4, 0.5) is 0 Å². The Morgan fingerprint density at radius 3 is 2.53 bits per heavy atom. The lowest BCUT2D eigenvalue weighted by molar-refractivity contribution is 0.673. The molecule has 3 heteroatoms. The van der Waals surface area contributed by atoms with Gasteiger partial charge < -0.3 is 9.88 Å². The van der Waals surface area contributed by atoms with Crippen LogP contribution in [-0.4, -0.2) is 9.55 Å². The van der Waals surface area contributed by atoms with E-state index in [0.29, 0.717) is 0 Å². The highest BCUT2D eigenvalue weighted by Crippen LogP contribution is 2.15. The molecule has 0 aliphatic rings. The number of aromatic nitrogens is 2. The summed E-state index contributed by atoms with van der Waals surface area (Å²) in [6.07, 6.45) is 3.77. The predicted octanol–water partition coefficient (Wildman–Crippen LogP) is 3.12. The third kappa shape index (κ3) is 3.04. The van der Waals surface area contributed by atoms with E-state index in [2.05, 4.69) is 54.7 Å². The maximum atomic E-state index is 4.12. The number of nitrogens with one attached hydrogen (secondary N) is 1. The molecule has 0 saturated carbocycles. The average molecular weight is 257 g/mol. The fraction of sp³-hybridized carbons (Fsp3) is 0.438. The van der Waals surface area contributed by atoms with Gasteiger partial charge in [-0.2, -0.15) is 0 Å². The third-order valence-corrected chi connectivity index (χ3v) is 3.76. The van der Waals surface area contributed by atoms with E-state index < -0.39 is 0 Å². The molecule has 102 valence electrons. The molecule has 0 aliphatic heterocycles. The first-order valence-electron chi connectivity index (χ1n) is 6.89. The largest absolute Gasteiger partial charge is 0.349 e. The monoisotopic (exact) mass is 257 g/mol. The van der Waals surface area contributed by atoms with Gasteiger partial charge in [-0.1, -0.05) is 0 Å². The summed E-state index contributed by atoms with van der Waals surface area (Å²) in [6.45, 7) is 11.5. The van der Waals surface area contributed by atoms with Crippen molar-refractivity contribution in [2.24, 2.45) is 0 Å². The third-order valence-electron chi connectivity index (χ3n) is 3.76. The van der Waals surface area contributed by atoms with Crippen LogP contribution in [0.2, 0.25) is 0 Å². The van der Waals surface area contributed by atoms with E-state index >= 15 is 0 Å². The van der Waals surface area contributed by atoms with Crippen LogP contribution in [0.5, 0.6) is 0 Å². The smallest absolute Gasteiger partial charge is 0.0300 e. The molecule has 0 spiro atoms. The predicted molar refractivity (Wildman–Crippen MR) is 79.1 cm³/mol. The second-order valence-corrected chi connectivity index (χ2v) is 5.05. The number of aryl methyl sites for hydroxylation is 2. The second-order valence-electron chi connectivity index (χ2n) is 5.05. The normalized spacial score (nSPS) is 10.9. The van der Waals surface area contributed by atoms with Gasteiger partial charge in [0.1, 0.15) is 0 Å². The topological polar surface area (TPSA) is 29.9 Å². The average Bonchev–Trinajstić information content (AvgIpc) is 2.66. The molecule has 2 heterocycles. The Balaban J connectivity index is 1.98. The molecule has 0 bridgehead atoms. The number of hydrogen-bond donors (Lipinski definition) is 1. The molecule has 0 aromatic carbocycles. The Labute approximate surface area is 115 Å². The summed E-state index contributed by atoms with van der Waals surface area (Å²) in [5, 5.41) is 3.52. The van der Waals surface area contributed by atoms with Gasteiger partial charge in [-0.15, -0.1) is 0 Å². The van der Waals surface area contributed by atoms with E-state index in [9.17, 15) is 0 Å². The van der Waals surface area contributed by atoms with Crippen LogP contribution in [0.1, 0.15) is 35.0 Å². The van der Waals surface area contributed by atoms with Crippen molar-refractivity contribution in [3.63, 3.8) is 0 Å². The van der Waals surface area contributed by atoms with Gasteiger partial charge in [-0.05, 0) is 56.5 Å². The summed E-state index contributed by atoms with van der Waals surface area (Å²) in [6, 6.07) is 4.36. The van der Waals surface area contributed by atoms with Crippen molar-refractivity contribution in [1.82, 2.24) is 14.9 Å². The SMILES string of the molecule is CCn1c(C)cc(CNCc2ccncc2C)c1C. The summed E-state index contributed by atoms with van der Waals surface area (Å²) in [7, 11) is 0. The lowest BCUT2D eigenvalue weighted by Gasteiger charge is -2.08. The molecular weight excluding hydrogens is 234 g/mol. The van der Waals surface area contributed by atoms with E-state index in [4.69, 9.17) is 0 Å². The Kier molecular flexibility index (Phi) is 4.38. The molecular formula is C16H23N3. The molecule has 2 aromatic rings.